The summed E-state index contributed by atoms with van der Waals surface area (Å²) in [6.45, 7) is 8.52. The monoisotopic (exact) mass is 327 g/mol. The van der Waals surface area contributed by atoms with Crippen LogP contribution in [-0.2, 0) is 4.74 Å². The fourth-order valence-electron chi connectivity index (χ4n) is 3.20. The molecule has 0 amide bonds. The molecule has 0 atom stereocenters. The molecule has 1 saturated carbocycles. The lowest BCUT2D eigenvalue weighted by atomic mass is 9.72. The molecule has 5 heteroatoms. The fourth-order valence-corrected chi connectivity index (χ4v) is 3.20. The Morgan fingerprint density at radius 1 is 1.13 bits per heavy atom. The molecule has 0 bridgehead atoms. The second-order valence-corrected chi connectivity index (χ2v) is 6.62. The molecular weight excluding hydrogens is 290 g/mol. The summed E-state index contributed by atoms with van der Waals surface area (Å²) in [5.41, 5.74) is 0.201. The normalized spacial score (nSPS) is 18.0. The van der Waals surface area contributed by atoms with Crippen LogP contribution >= 0.6 is 0 Å². The van der Waals surface area contributed by atoms with Gasteiger partial charge < -0.3 is 20.5 Å². The molecule has 0 spiro atoms. The van der Waals surface area contributed by atoms with E-state index in [1.54, 1.807) is 0 Å². The number of hydrogen-bond donors (Lipinski definition) is 3. The molecule has 1 fully saturated rings. The molecule has 1 rings (SSSR count). The quantitative estimate of drug-likeness (QED) is 0.310. The zero-order valence-electron chi connectivity index (χ0n) is 15.2. The summed E-state index contributed by atoms with van der Waals surface area (Å²) < 4.78 is 5.58. The Hall–Kier alpha value is -0.810. The molecule has 1 aliphatic carbocycles. The largest absolute Gasteiger partial charge is 0.396 e. The highest BCUT2D eigenvalue weighted by atomic mass is 16.5. The predicted molar refractivity (Wildman–Crippen MR) is 96.9 cm³/mol. The number of aliphatic hydroxyl groups is 1. The summed E-state index contributed by atoms with van der Waals surface area (Å²) in [5, 5.41) is 16.1. The van der Waals surface area contributed by atoms with Crippen LogP contribution in [0.5, 0.6) is 0 Å². The van der Waals surface area contributed by atoms with Gasteiger partial charge in [0.15, 0.2) is 5.96 Å². The van der Waals surface area contributed by atoms with Gasteiger partial charge in [0.1, 0.15) is 0 Å². The van der Waals surface area contributed by atoms with Crippen molar-refractivity contribution in [3.05, 3.63) is 0 Å². The zero-order chi connectivity index (χ0) is 16.8. The second kappa shape index (κ2) is 12.6. The lowest BCUT2D eigenvalue weighted by Gasteiger charge is -2.35. The van der Waals surface area contributed by atoms with Crippen molar-refractivity contribution in [1.29, 1.82) is 0 Å². The Bertz CT molecular complexity index is 310. The number of aliphatic imine (C=N–C) groups is 1. The maximum atomic E-state index is 9.40. The molecule has 0 radical (unpaired) electrons. The third-order valence-electron chi connectivity index (χ3n) is 4.65. The van der Waals surface area contributed by atoms with Gasteiger partial charge in [-0.25, -0.2) is 0 Å². The van der Waals surface area contributed by atoms with Crippen molar-refractivity contribution in [3.63, 3.8) is 0 Å². The standard InChI is InChI=1S/C18H37N3O2/c1-3-5-14-23-15-12-20-17(19-4-2)21-16-18(11-13-22)9-7-6-8-10-18/h22H,3-16H2,1-2H3,(H2,19,20,21). The molecule has 0 aromatic carbocycles. The van der Waals surface area contributed by atoms with Crippen LogP contribution in [0.4, 0.5) is 0 Å². The van der Waals surface area contributed by atoms with Crippen LogP contribution in [0, 0.1) is 5.41 Å². The smallest absolute Gasteiger partial charge is 0.191 e. The number of nitrogens with zero attached hydrogens (tertiary/aromatic N) is 1. The van der Waals surface area contributed by atoms with Crippen LogP contribution < -0.4 is 10.6 Å². The van der Waals surface area contributed by atoms with Crippen molar-refractivity contribution in [2.75, 3.05) is 39.5 Å². The number of ether oxygens (including phenoxy) is 1. The first-order chi connectivity index (χ1) is 11.3. The number of guanidine groups is 1. The Morgan fingerprint density at radius 2 is 1.91 bits per heavy atom. The second-order valence-electron chi connectivity index (χ2n) is 6.62. The minimum atomic E-state index is 0.201. The van der Waals surface area contributed by atoms with Crippen LogP contribution in [0.1, 0.15) is 65.2 Å². The molecular formula is C18H37N3O2. The summed E-state index contributed by atoms with van der Waals surface area (Å²) in [4.78, 5) is 4.79. The Morgan fingerprint density at radius 3 is 2.57 bits per heavy atom. The highest BCUT2D eigenvalue weighted by Crippen LogP contribution is 2.39. The number of unbranched alkanes of at least 4 members (excludes halogenated alkanes) is 1. The maximum Gasteiger partial charge on any atom is 0.191 e. The van der Waals surface area contributed by atoms with Crippen LogP contribution in [0.15, 0.2) is 4.99 Å². The van der Waals surface area contributed by atoms with Crippen LogP contribution in [0.3, 0.4) is 0 Å². The highest BCUT2D eigenvalue weighted by Gasteiger charge is 2.31. The fraction of sp³-hybridized carbons (Fsp3) is 0.944. The molecule has 0 aromatic rings. The van der Waals surface area contributed by atoms with Crippen molar-refractivity contribution in [2.45, 2.75) is 65.2 Å². The van der Waals surface area contributed by atoms with Crippen molar-refractivity contribution >= 4 is 5.96 Å². The molecule has 0 heterocycles. The van der Waals surface area contributed by atoms with Gasteiger partial charge in [-0.3, -0.25) is 4.99 Å². The molecule has 3 N–H and O–H groups in total. The van der Waals surface area contributed by atoms with E-state index in [4.69, 9.17) is 9.73 Å². The van der Waals surface area contributed by atoms with E-state index in [9.17, 15) is 5.11 Å². The van der Waals surface area contributed by atoms with Gasteiger partial charge in [0.25, 0.3) is 0 Å². The number of hydrogen-bond acceptors (Lipinski definition) is 3. The SMILES string of the molecule is CCCCOCCNC(=NCC1(CCO)CCCCC1)NCC. The number of nitrogens with one attached hydrogen (secondary N) is 2. The van der Waals surface area contributed by atoms with Gasteiger partial charge in [-0.1, -0.05) is 32.6 Å². The summed E-state index contributed by atoms with van der Waals surface area (Å²) in [6, 6.07) is 0. The number of aliphatic hydroxyl groups excluding tert-OH is 1. The van der Waals surface area contributed by atoms with Crippen molar-refractivity contribution in [3.8, 4) is 0 Å². The van der Waals surface area contributed by atoms with Crippen LogP contribution in [0.2, 0.25) is 0 Å². The van der Waals surface area contributed by atoms with E-state index in [0.29, 0.717) is 6.61 Å². The molecule has 23 heavy (non-hydrogen) atoms. The summed E-state index contributed by atoms with van der Waals surface area (Å²) in [6.07, 6.45) is 9.41. The molecule has 0 aliphatic heterocycles. The molecule has 0 saturated heterocycles. The Labute approximate surface area is 142 Å². The van der Waals surface area contributed by atoms with E-state index >= 15 is 0 Å². The molecule has 136 valence electrons. The number of rotatable bonds is 11. The van der Waals surface area contributed by atoms with Crippen molar-refractivity contribution < 1.29 is 9.84 Å². The van der Waals surface area contributed by atoms with E-state index < -0.39 is 0 Å². The lowest BCUT2D eigenvalue weighted by Crippen LogP contribution is -2.40. The average Bonchev–Trinajstić information content (AvgIpc) is 2.57. The summed E-state index contributed by atoms with van der Waals surface area (Å²) in [7, 11) is 0. The van der Waals surface area contributed by atoms with E-state index in [-0.39, 0.29) is 12.0 Å². The first kappa shape index (κ1) is 20.2. The first-order valence-electron chi connectivity index (χ1n) is 9.47. The molecule has 5 nitrogen and oxygen atoms in total. The summed E-state index contributed by atoms with van der Waals surface area (Å²) in [5.74, 6) is 0.870. The van der Waals surface area contributed by atoms with E-state index in [1.165, 1.54) is 38.5 Å². The Balaban J connectivity index is 2.42. The van der Waals surface area contributed by atoms with Gasteiger partial charge in [0.2, 0.25) is 0 Å². The molecule has 0 unspecified atom stereocenters. The van der Waals surface area contributed by atoms with E-state index in [0.717, 1.165) is 45.0 Å². The first-order valence-corrected chi connectivity index (χ1v) is 9.47. The van der Waals surface area contributed by atoms with E-state index in [1.807, 2.05) is 0 Å². The van der Waals surface area contributed by atoms with Crippen molar-refractivity contribution in [2.24, 2.45) is 10.4 Å². The minimum absolute atomic E-state index is 0.201. The highest BCUT2D eigenvalue weighted by molar-refractivity contribution is 5.79. The van der Waals surface area contributed by atoms with Gasteiger partial charge in [0, 0.05) is 32.8 Å². The minimum Gasteiger partial charge on any atom is -0.396 e. The van der Waals surface area contributed by atoms with Gasteiger partial charge in [-0.15, -0.1) is 0 Å². The third kappa shape index (κ3) is 8.56. The molecule has 1 aliphatic rings. The lowest BCUT2D eigenvalue weighted by molar-refractivity contribution is 0.134. The maximum absolute atomic E-state index is 9.40. The topological polar surface area (TPSA) is 65.9 Å². The van der Waals surface area contributed by atoms with Crippen LogP contribution in [-0.4, -0.2) is 50.5 Å². The summed E-state index contributed by atoms with van der Waals surface area (Å²) >= 11 is 0. The van der Waals surface area contributed by atoms with Crippen LogP contribution in [0.25, 0.3) is 0 Å². The zero-order valence-corrected chi connectivity index (χ0v) is 15.2. The van der Waals surface area contributed by atoms with Gasteiger partial charge >= 0.3 is 0 Å². The van der Waals surface area contributed by atoms with Gasteiger partial charge in [-0.05, 0) is 38.0 Å². The Kier molecular flexibility index (Phi) is 11.1. The third-order valence-corrected chi connectivity index (χ3v) is 4.65. The average molecular weight is 328 g/mol. The van der Waals surface area contributed by atoms with E-state index in [2.05, 4.69) is 24.5 Å². The molecule has 0 aromatic heterocycles. The van der Waals surface area contributed by atoms with Crippen molar-refractivity contribution in [1.82, 2.24) is 10.6 Å². The van der Waals surface area contributed by atoms with Gasteiger partial charge in [0.05, 0.1) is 6.61 Å². The van der Waals surface area contributed by atoms with Gasteiger partial charge in [-0.2, -0.15) is 0 Å². The predicted octanol–water partition coefficient (Wildman–Crippen LogP) is 2.69.